The zero-order chi connectivity index (χ0) is 20.2. The van der Waals surface area contributed by atoms with Crippen molar-refractivity contribution < 1.29 is 27.9 Å². The molecule has 0 radical (unpaired) electrons. The molecule has 27 heavy (non-hydrogen) atoms. The molecule has 0 fully saturated rings. The van der Waals surface area contributed by atoms with Crippen LogP contribution in [0.3, 0.4) is 0 Å². The van der Waals surface area contributed by atoms with E-state index in [2.05, 4.69) is 4.74 Å². The van der Waals surface area contributed by atoms with E-state index in [1.807, 2.05) is 0 Å². The maximum absolute atomic E-state index is 14.4. The summed E-state index contributed by atoms with van der Waals surface area (Å²) in [5, 5.41) is 8.72. The molecule has 146 valence electrons. The summed E-state index contributed by atoms with van der Waals surface area (Å²) in [5.41, 5.74) is 0.468. The van der Waals surface area contributed by atoms with E-state index in [-0.39, 0.29) is 24.3 Å². The van der Waals surface area contributed by atoms with Gasteiger partial charge in [-0.25, -0.2) is 9.87 Å². The van der Waals surface area contributed by atoms with Crippen LogP contribution in [0.25, 0.3) is 11.1 Å². The number of pyridine rings is 1. The molecule has 0 saturated carbocycles. The van der Waals surface area contributed by atoms with Crippen LogP contribution in [0.1, 0.15) is 20.3 Å². The predicted octanol–water partition coefficient (Wildman–Crippen LogP) is 3.18. The minimum absolute atomic E-state index is 0.0206. The molecule has 0 saturated heterocycles. The van der Waals surface area contributed by atoms with Gasteiger partial charge in [0, 0.05) is 29.8 Å². The third-order valence-corrected chi connectivity index (χ3v) is 4.16. The van der Waals surface area contributed by atoms with Crippen LogP contribution in [0.5, 0.6) is 5.75 Å². The lowest BCUT2D eigenvalue weighted by Crippen LogP contribution is -2.36. The lowest BCUT2D eigenvalue weighted by Gasteiger charge is -2.22. The van der Waals surface area contributed by atoms with E-state index in [0.717, 1.165) is 16.8 Å². The summed E-state index contributed by atoms with van der Waals surface area (Å²) >= 11 is 0. The molecule has 0 aliphatic rings. The minimum Gasteiger partial charge on any atom is -0.435 e. The minimum atomic E-state index is -2.96. The number of hydroxylamine groups is 1. The van der Waals surface area contributed by atoms with Gasteiger partial charge in [0.1, 0.15) is 11.6 Å². The van der Waals surface area contributed by atoms with Crippen LogP contribution in [0, 0.1) is 11.2 Å². The average Bonchev–Trinajstić information content (AvgIpc) is 2.61. The quantitative estimate of drug-likeness (QED) is 0.568. The van der Waals surface area contributed by atoms with Crippen molar-refractivity contribution in [1.29, 1.82) is 0 Å². The van der Waals surface area contributed by atoms with Crippen molar-refractivity contribution >= 4 is 5.91 Å². The standard InChI is InChI=1S/C18H19F3N2O4/c1-18(2,16(25)22-26)7-8-23-10-14(19)13(9-15(23)24)11-3-5-12(6-4-11)27-17(20)21/h3-6,9-10,17,26H,7-8H2,1-2H3,(H,22,25). The van der Waals surface area contributed by atoms with Crippen LogP contribution in [0.2, 0.25) is 0 Å². The number of nitrogens with zero attached hydrogens (tertiary/aromatic N) is 1. The van der Waals surface area contributed by atoms with Gasteiger partial charge in [-0.15, -0.1) is 0 Å². The molecule has 9 heteroatoms. The largest absolute Gasteiger partial charge is 0.435 e. The molecule has 1 heterocycles. The fourth-order valence-electron chi connectivity index (χ4n) is 2.42. The van der Waals surface area contributed by atoms with E-state index in [0.29, 0.717) is 5.56 Å². The summed E-state index contributed by atoms with van der Waals surface area (Å²) in [6.45, 7) is 0.264. The second-order valence-corrected chi connectivity index (χ2v) is 6.54. The summed E-state index contributed by atoms with van der Waals surface area (Å²) in [4.78, 5) is 23.8. The fourth-order valence-corrected chi connectivity index (χ4v) is 2.42. The number of carbonyl (C=O) groups is 1. The highest BCUT2D eigenvalue weighted by atomic mass is 19.3. The van der Waals surface area contributed by atoms with Crippen molar-refractivity contribution in [1.82, 2.24) is 10.0 Å². The molecule has 0 unspecified atom stereocenters. The van der Waals surface area contributed by atoms with Crippen molar-refractivity contribution in [2.75, 3.05) is 0 Å². The molecular weight excluding hydrogens is 365 g/mol. The number of hydrogen-bond acceptors (Lipinski definition) is 4. The van der Waals surface area contributed by atoms with Crippen molar-refractivity contribution in [2.24, 2.45) is 5.41 Å². The van der Waals surface area contributed by atoms with Gasteiger partial charge in [-0.1, -0.05) is 26.0 Å². The Labute approximate surface area is 153 Å². The van der Waals surface area contributed by atoms with Crippen LogP contribution < -0.4 is 15.8 Å². The molecule has 6 nitrogen and oxygen atoms in total. The summed E-state index contributed by atoms with van der Waals surface area (Å²) in [6, 6.07) is 6.34. The van der Waals surface area contributed by atoms with Crippen molar-refractivity contribution in [3.63, 3.8) is 0 Å². The Morgan fingerprint density at radius 1 is 1.30 bits per heavy atom. The smallest absolute Gasteiger partial charge is 0.387 e. The second kappa shape index (κ2) is 8.26. The first kappa shape index (κ1) is 20.5. The highest BCUT2D eigenvalue weighted by Gasteiger charge is 2.27. The molecule has 0 bridgehead atoms. The highest BCUT2D eigenvalue weighted by molar-refractivity contribution is 5.80. The number of hydrogen-bond donors (Lipinski definition) is 2. The van der Waals surface area contributed by atoms with E-state index in [1.165, 1.54) is 24.3 Å². The number of benzene rings is 1. The number of carbonyl (C=O) groups excluding carboxylic acids is 1. The van der Waals surface area contributed by atoms with Gasteiger partial charge in [0.05, 0.1) is 0 Å². The van der Waals surface area contributed by atoms with Crippen LogP contribution in [-0.2, 0) is 11.3 Å². The van der Waals surface area contributed by atoms with Gasteiger partial charge in [0.25, 0.3) is 5.56 Å². The van der Waals surface area contributed by atoms with Gasteiger partial charge in [0.2, 0.25) is 5.91 Å². The first-order valence-electron chi connectivity index (χ1n) is 8.04. The zero-order valence-electron chi connectivity index (χ0n) is 14.7. The van der Waals surface area contributed by atoms with Crippen LogP contribution in [0.4, 0.5) is 13.2 Å². The van der Waals surface area contributed by atoms with Crippen molar-refractivity contribution in [3.8, 4) is 16.9 Å². The lowest BCUT2D eigenvalue weighted by atomic mass is 9.88. The van der Waals surface area contributed by atoms with Crippen LogP contribution >= 0.6 is 0 Å². The molecule has 2 aromatic rings. The third-order valence-electron chi connectivity index (χ3n) is 4.16. The number of alkyl halides is 2. The number of amides is 1. The number of nitrogens with one attached hydrogen (secondary N) is 1. The Kier molecular flexibility index (Phi) is 6.27. The van der Waals surface area contributed by atoms with E-state index < -0.39 is 29.3 Å². The number of rotatable bonds is 7. The Balaban J connectivity index is 2.22. The van der Waals surface area contributed by atoms with Crippen molar-refractivity contribution in [2.45, 2.75) is 33.4 Å². The van der Waals surface area contributed by atoms with Gasteiger partial charge < -0.3 is 9.30 Å². The molecule has 0 aliphatic carbocycles. The molecule has 2 rings (SSSR count). The van der Waals surface area contributed by atoms with Gasteiger partial charge in [-0.3, -0.25) is 14.8 Å². The lowest BCUT2D eigenvalue weighted by molar-refractivity contribution is -0.138. The number of ether oxygens (including phenoxy) is 1. The molecule has 0 atom stereocenters. The molecule has 0 spiro atoms. The van der Waals surface area contributed by atoms with E-state index >= 15 is 0 Å². The normalized spacial score (nSPS) is 11.5. The predicted molar refractivity (Wildman–Crippen MR) is 91.1 cm³/mol. The summed E-state index contributed by atoms with van der Waals surface area (Å²) < 4.78 is 44.1. The summed E-state index contributed by atoms with van der Waals surface area (Å²) in [7, 11) is 0. The first-order valence-corrected chi connectivity index (χ1v) is 8.04. The number of halogens is 3. The van der Waals surface area contributed by atoms with E-state index in [1.54, 1.807) is 19.3 Å². The van der Waals surface area contributed by atoms with Crippen molar-refractivity contribution in [3.05, 3.63) is 52.7 Å². The molecule has 0 aliphatic heterocycles. The molecular formula is C18H19F3N2O4. The summed E-state index contributed by atoms with van der Waals surface area (Å²) in [5.74, 6) is -1.37. The monoisotopic (exact) mass is 384 g/mol. The molecule has 2 N–H and O–H groups in total. The second-order valence-electron chi connectivity index (χ2n) is 6.54. The van der Waals surface area contributed by atoms with Gasteiger partial charge in [-0.05, 0) is 24.1 Å². The molecule has 1 aromatic heterocycles. The van der Waals surface area contributed by atoms with Gasteiger partial charge >= 0.3 is 6.61 Å². The number of aryl methyl sites for hydroxylation is 1. The Bertz CT molecular complexity index is 864. The Hall–Kier alpha value is -2.81. The average molecular weight is 384 g/mol. The fraction of sp³-hybridized carbons (Fsp3) is 0.333. The SMILES string of the molecule is CC(C)(CCn1cc(F)c(-c2ccc(OC(F)F)cc2)cc1=O)C(=O)NO. The van der Waals surface area contributed by atoms with Crippen LogP contribution in [0.15, 0.2) is 41.3 Å². The first-order chi connectivity index (χ1) is 12.6. The van der Waals surface area contributed by atoms with Gasteiger partial charge in [0.15, 0.2) is 0 Å². The maximum atomic E-state index is 14.4. The van der Waals surface area contributed by atoms with Gasteiger partial charge in [-0.2, -0.15) is 8.78 Å². The third kappa shape index (κ3) is 5.10. The summed E-state index contributed by atoms with van der Waals surface area (Å²) in [6.07, 6.45) is 1.21. The van der Waals surface area contributed by atoms with E-state index in [4.69, 9.17) is 5.21 Å². The number of aromatic nitrogens is 1. The molecule has 1 amide bonds. The molecule has 1 aromatic carbocycles. The Morgan fingerprint density at radius 2 is 1.93 bits per heavy atom. The maximum Gasteiger partial charge on any atom is 0.387 e. The Morgan fingerprint density at radius 3 is 2.48 bits per heavy atom. The highest BCUT2D eigenvalue weighted by Crippen LogP contribution is 2.25. The zero-order valence-corrected chi connectivity index (χ0v) is 14.7. The topological polar surface area (TPSA) is 80.6 Å². The van der Waals surface area contributed by atoms with Crippen LogP contribution in [-0.4, -0.2) is 22.3 Å². The van der Waals surface area contributed by atoms with E-state index in [9.17, 15) is 22.8 Å².